The van der Waals surface area contributed by atoms with Crippen molar-refractivity contribution >= 4 is 27.7 Å². The first-order valence-corrected chi connectivity index (χ1v) is 6.12. The van der Waals surface area contributed by atoms with E-state index in [1.807, 2.05) is 0 Å². The molecule has 0 unspecified atom stereocenters. The van der Waals surface area contributed by atoms with Crippen molar-refractivity contribution in [2.45, 2.75) is 9.92 Å². The normalized spacial score (nSPS) is 10.6. The van der Waals surface area contributed by atoms with E-state index in [2.05, 4.69) is 20.9 Å². The van der Waals surface area contributed by atoms with Crippen molar-refractivity contribution in [2.24, 2.45) is 0 Å². The molecule has 0 aliphatic heterocycles. The summed E-state index contributed by atoms with van der Waals surface area (Å²) in [6.07, 6.45) is 0. The molecular weight excluding hydrogens is 315 g/mol. The zero-order chi connectivity index (χ0) is 12.4. The van der Waals surface area contributed by atoms with Gasteiger partial charge in [-0.2, -0.15) is 4.39 Å². The van der Waals surface area contributed by atoms with Gasteiger partial charge in [0.25, 0.3) is 0 Å². The van der Waals surface area contributed by atoms with Crippen molar-refractivity contribution in [3.63, 3.8) is 0 Å². The molecular formula is C11H5BrF3NS. The standard InChI is InChI=1S/C11H5BrF3NS/c12-6-2-1-3-7(4-6)17-11-9(14)5-8(13)10(15)16-11/h1-5H. The number of rotatable bonds is 2. The zero-order valence-corrected chi connectivity index (χ0v) is 10.7. The van der Waals surface area contributed by atoms with Crippen molar-refractivity contribution in [3.05, 3.63) is 52.4 Å². The van der Waals surface area contributed by atoms with Gasteiger partial charge in [-0.25, -0.2) is 13.8 Å². The fraction of sp³-hybridized carbons (Fsp3) is 0. The third kappa shape index (κ3) is 3.01. The van der Waals surface area contributed by atoms with Crippen LogP contribution in [0.2, 0.25) is 0 Å². The van der Waals surface area contributed by atoms with Crippen LogP contribution in [0.15, 0.2) is 44.7 Å². The summed E-state index contributed by atoms with van der Waals surface area (Å²) in [7, 11) is 0. The Labute approximate surface area is 108 Å². The Balaban J connectivity index is 2.33. The number of hydrogen-bond donors (Lipinski definition) is 0. The molecule has 1 aromatic heterocycles. The highest BCUT2D eigenvalue weighted by Gasteiger charge is 2.12. The number of nitrogens with zero attached hydrogens (tertiary/aromatic N) is 1. The van der Waals surface area contributed by atoms with Crippen LogP contribution >= 0.6 is 27.7 Å². The first-order chi connectivity index (χ1) is 8.06. The van der Waals surface area contributed by atoms with E-state index in [9.17, 15) is 13.2 Å². The van der Waals surface area contributed by atoms with Crippen molar-refractivity contribution < 1.29 is 13.2 Å². The quantitative estimate of drug-likeness (QED) is 0.760. The molecule has 88 valence electrons. The molecule has 0 amide bonds. The van der Waals surface area contributed by atoms with E-state index in [4.69, 9.17) is 0 Å². The Morgan fingerprint density at radius 1 is 1.06 bits per heavy atom. The molecule has 0 bridgehead atoms. The van der Waals surface area contributed by atoms with Crippen LogP contribution in [-0.2, 0) is 0 Å². The lowest BCUT2D eigenvalue weighted by atomic mass is 10.4. The third-order valence-corrected chi connectivity index (χ3v) is 3.33. The Hall–Kier alpha value is -1.01. The molecule has 0 spiro atoms. The van der Waals surface area contributed by atoms with Gasteiger partial charge >= 0.3 is 0 Å². The highest BCUT2D eigenvalue weighted by Crippen LogP contribution is 2.30. The molecule has 1 aromatic carbocycles. The van der Waals surface area contributed by atoms with E-state index in [0.29, 0.717) is 11.0 Å². The van der Waals surface area contributed by atoms with Crippen LogP contribution in [-0.4, -0.2) is 4.98 Å². The summed E-state index contributed by atoms with van der Waals surface area (Å²) < 4.78 is 39.7. The molecule has 0 aliphatic carbocycles. The lowest BCUT2D eigenvalue weighted by molar-refractivity contribution is 0.448. The van der Waals surface area contributed by atoms with Gasteiger partial charge in [-0.1, -0.05) is 33.8 Å². The van der Waals surface area contributed by atoms with Gasteiger partial charge in [0.05, 0.1) is 0 Å². The summed E-state index contributed by atoms with van der Waals surface area (Å²) in [5.74, 6) is -3.47. The monoisotopic (exact) mass is 319 g/mol. The van der Waals surface area contributed by atoms with Gasteiger partial charge in [0.2, 0.25) is 5.95 Å². The van der Waals surface area contributed by atoms with Gasteiger partial charge in [-0.05, 0) is 18.2 Å². The second kappa shape index (κ2) is 5.10. The second-order valence-electron chi connectivity index (χ2n) is 3.11. The maximum Gasteiger partial charge on any atom is 0.250 e. The van der Waals surface area contributed by atoms with Gasteiger partial charge in [0, 0.05) is 15.4 Å². The van der Waals surface area contributed by atoms with Crippen LogP contribution in [0.5, 0.6) is 0 Å². The van der Waals surface area contributed by atoms with E-state index in [1.54, 1.807) is 24.3 Å². The fourth-order valence-corrected chi connectivity index (χ4v) is 2.53. The Kier molecular flexibility index (Phi) is 3.73. The number of aromatic nitrogens is 1. The van der Waals surface area contributed by atoms with Gasteiger partial charge < -0.3 is 0 Å². The second-order valence-corrected chi connectivity index (χ2v) is 5.09. The van der Waals surface area contributed by atoms with Crippen LogP contribution in [0.4, 0.5) is 13.2 Å². The average molecular weight is 320 g/mol. The smallest absolute Gasteiger partial charge is 0.207 e. The number of halogens is 4. The summed E-state index contributed by atoms with van der Waals surface area (Å²) in [4.78, 5) is 3.91. The Bertz CT molecular complexity index is 562. The first kappa shape index (κ1) is 12.4. The van der Waals surface area contributed by atoms with E-state index in [-0.39, 0.29) is 5.03 Å². The van der Waals surface area contributed by atoms with Gasteiger partial charge in [-0.15, -0.1) is 0 Å². The predicted octanol–water partition coefficient (Wildman–Crippen LogP) is 4.41. The van der Waals surface area contributed by atoms with Gasteiger partial charge in [0.15, 0.2) is 11.6 Å². The van der Waals surface area contributed by atoms with Crippen molar-refractivity contribution in [1.29, 1.82) is 0 Å². The van der Waals surface area contributed by atoms with E-state index >= 15 is 0 Å². The van der Waals surface area contributed by atoms with Crippen molar-refractivity contribution in [3.8, 4) is 0 Å². The average Bonchev–Trinajstić information content (AvgIpc) is 2.26. The highest BCUT2D eigenvalue weighted by atomic mass is 79.9. The number of hydrogen-bond acceptors (Lipinski definition) is 2. The molecule has 0 saturated heterocycles. The molecule has 1 nitrogen and oxygen atoms in total. The number of benzene rings is 1. The maximum absolute atomic E-state index is 13.3. The largest absolute Gasteiger partial charge is 0.250 e. The molecule has 1 heterocycles. The molecule has 17 heavy (non-hydrogen) atoms. The lowest BCUT2D eigenvalue weighted by Gasteiger charge is -2.03. The van der Waals surface area contributed by atoms with E-state index in [0.717, 1.165) is 16.2 Å². The maximum atomic E-state index is 13.3. The molecule has 6 heteroatoms. The molecule has 2 aromatic rings. The summed E-state index contributed by atoms with van der Waals surface area (Å²) in [6.45, 7) is 0. The van der Waals surface area contributed by atoms with Crippen LogP contribution in [0.25, 0.3) is 0 Å². The van der Waals surface area contributed by atoms with Crippen molar-refractivity contribution in [1.82, 2.24) is 4.98 Å². The fourth-order valence-electron chi connectivity index (χ4n) is 1.14. The molecule has 0 atom stereocenters. The Morgan fingerprint density at radius 2 is 1.82 bits per heavy atom. The summed E-state index contributed by atoms with van der Waals surface area (Å²) >= 11 is 4.19. The van der Waals surface area contributed by atoms with Crippen LogP contribution in [0, 0.1) is 17.6 Å². The Morgan fingerprint density at radius 3 is 2.53 bits per heavy atom. The number of pyridine rings is 1. The topological polar surface area (TPSA) is 12.9 Å². The summed E-state index contributed by atoms with van der Waals surface area (Å²) in [6, 6.07) is 7.50. The zero-order valence-electron chi connectivity index (χ0n) is 8.25. The van der Waals surface area contributed by atoms with Crippen LogP contribution in [0.3, 0.4) is 0 Å². The molecule has 0 fully saturated rings. The van der Waals surface area contributed by atoms with Gasteiger partial charge in [-0.3, -0.25) is 0 Å². The molecule has 2 rings (SSSR count). The summed E-state index contributed by atoms with van der Waals surface area (Å²) in [5.41, 5.74) is 0. The first-order valence-electron chi connectivity index (χ1n) is 4.51. The molecule has 0 aliphatic rings. The van der Waals surface area contributed by atoms with Crippen molar-refractivity contribution in [2.75, 3.05) is 0 Å². The minimum atomic E-state index is -1.30. The molecule has 0 radical (unpaired) electrons. The summed E-state index contributed by atoms with van der Waals surface area (Å²) in [5, 5.41) is -0.193. The predicted molar refractivity (Wildman–Crippen MR) is 62.4 cm³/mol. The molecule has 0 saturated carbocycles. The van der Waals surface area contributed by atoms with E-state index < -0.39 is 17.6 Å². The molecule has 0 N–H and O–H groups in total. The van der Waals surface area contributed by atoms with Crippen LogP contribution in [0.1, 0.15) is 0 Å². The third-order valence-electron chi connectivity index (χ3n) is 1.87. The van der Waals surface area contributed by atoms with E-state index in [1.165, 1.54) is 0 Å². The minimum Gasteiger partial charge on any atom is -0.207 e. The SMILES string of the molecule is Fc1cc(F)c(Sc2cccc(Br)c2)nc1F. The van der Waals surface area contributed by atoms with Crippen LogP contribution < -0.4 is 0 Å². The van der Waals surface area contributed by atoms with Gasteiger partial charge in [0.1, 0.15) is 5.03 Å². The minimum absolute atomic E-state index is 0.193. The highest BCUT2D eigenvalue weighted by molar-refractivity contribution is 9.10. The lowest BCUT2D eigenvalue weighted by Crippen LogP contribution is -1.95.